The summed E-state index contributed by atoms with van der Waals surface area (Å²) >= 11 is 7.07. The molecule has 18 heavy (non-hydrogen) atoms. The molecule has 0 bridgehead atoms. The van der Waals surface area contributed by atoms with Gasteiger partial charge in [0.1, 0.15) is 0 Å². The van der Waals surface area contributed by atoms with Crippen molar-refractivity contribution in [2.75, 3.05) is 26.7 Å². The first-order valence-corrected chi connectivity index (χ1v) is 8.07. The second kappa shape index (κ2) is 7.04. The molecule has 0 spiro atoms. The van der Waals surface area contributed by atoms with Crippen LogP contribution in [0.2, 0.25) is 0 Å². The molecule has 2 rings (SSSR count). The minimum Gasteiger partial charge on any atom is -0.317 e. The van der Waals surface area contributed by atoms with Crippen molar-refractivity contribution in [2.24, 2.45) is 5.92 Å². The summed E-state index contributed by atoms with van der Waals surface area (Å²) < 4.78 is 2.25. The Bertz CT molecular complexity index is 389. The van der Waals surface area contributed by atoms with Crippen molar-refractivity contribution in [3.05, 3.63) is 32.7 Å². The second-order valence-electron chi connectivity index (χ2n) is 5.14. The first-order valence-electron chi connectivity index (χ1n) is 6.48. The summed E-state index contributed by atoms with van der Waals surface area (Å²) in [7, 11) is 2.22. The van der Waals surface area contributed by atoms with Gasteiger partial charge in [0.15, 0.2) is 0 Å². The smallest absolute Gasteiger partial charge is 0.0320 e. The van der Waals surface area contributed by atoms with E-state index in [0.29, 0.717) is 0 Å². The Morgan fingerprint density at radius 2 is 1.94 bits per heavy atom. The highest BCUT2D eigenvalue weighted by Crippen LogP contribution is 2.24. The third-order valence-electron chi connectivity index (χ3n) is 3.47. The predicted molar refractivity (Wildman–Crippen MR) is 83.8 cm³/mol. The zero-order valence-corrected chi connectivity index (χ0v) is 13.9. The zero-order chi connectivity index (χ0) is 13.0. The monoisotopic (exact) mass is 374 g/mol. The van der Waals surface area contributed by atoms with E-state index in [1.54, 1.807) is 0 Å². The van der Waals surface area contributed by atoms with Crippen molar-refractivity contribution in [1.82, 2.24) is 10.2 Å². The normalized spacial score (nSPS) is 17.3. The largest absolute Gasteiger partial charge is 0.317 e. The van der Waals surface area contributed by atoms with E-state index in [4.69, 9.17) is 0 Å². The topological polar surface area (TPSA) is 15.3 Å². The van der Waals surface area contributed by atoms with Gasteiger partial charge in [0, 0.05) is 22.0 Å². The van der Waals surface area contributed by atoms with Gasteiger partial charge >= 0.3 is 0 Å². The van der Waals surface area contributed by atoms with Gasteiger partial charge in [-0.05, 0) is 88.5 Å². The fourth-order valence-corrected chi connectivity index (χ4v) is 3.19. The van der Waals surface area contributed by atoms with E-state index in [1.807, 2.05) is 0 Å². The minimum absolute atomic E-state index is 0.857. The van der Waals surface area contributed by atoms with Crippen LogP contribution in [0.4, 0.5) is 0 Å². The maximum atomic E-state index is 3.56. The van der Waals surface area contributed by atoms with Gasteiger partial charge in [-0.2, -0.15) is 0 Å². The van der Waals surface area contributed by atoms with E-state index in [-0.39, 0.29) is 0 Å². The van der Waals surface area contributed by atoms with Crippen LogP contribution in [0.3, 0.4) is 0 Å². The van der Waals surface area contributed by atoms with Crippen molar-refractivity contribution in [2.45, 2.75) is 19.4 Å². The van der Waals surface area contributed by atoms with E-state index >= 15 is 0 Å². The van der Waals surface area contributed by atoms with Crippen molar-refractivity contribution in [1.29, 1.82) is 0 Å². The van der Waals surface area contributed by atoms with Gasteiger partial charge in [-0.25, -0.2) is 0 Å². The lowest BCUT2D eigenvalue weighted by atomic mass is 9.97. The number of hydrogen-bond donors (Lipinski definition) is 1. The Hall–Kier alpha value is 0.1000. The molecule has 2 nitrogen and oxygen atoms in total. The first kappa shape index (κ1) is 14.5. The van der Waals surface area contributed by atoms with Gasteiger partial charge in [0.25, 0.3) is 0 Å². The Balaban J connectivity index is 1.85. The maximum Gasteiger partial charge on any atom is 0.0320 e. The standard InChI is InChI=1S/C14H20Br2N2/c1-18(9-11-4-6-17-7-5-11)10-12-2-3-13(15)14(16)8-12/h2-3,8,11,17H,4-7,9-10H2,1H3. The molecule has 0 aromatic heterocycles. The number of benzene rings is 1. The Morgan fingerprint density at radius 3 is 2.61 bits per heavy atom. The van der Waals surface area contributed by atoms with Gasteiger partial charge in [0.2, 0.25) is 0 Å². The van der Waals surface area contributed by atoms with Crippen LogP contribution in [0.1, 0.15) is 18.4 Å². The molecule has 1 aromatic carbocycles. The lowest BCUT2D eigenvalue weighted by molar-refractivity contribution is 0.234. The zero-order valence-electron chi connectivity index (χ0n) is 10.8. The van der Waals surface area contributed by atoms with Gasteiger partial charge in [-0.3, -0.25) is 0 Å². The van der Waals surface area contributed by atoms with Gasteiger partial charge < -0.3 is 10.2 Å². The summed E-state index contributed by atoms with van der Waals surface area (Å²) in [6.07, 6.45) is 2.63. The molecule has 1 saturated heterocycles. The Kier molecular flexibility index (Phi) is 5.67. The molecule has 1 aromatic rings. The number of nitrogens with one attached hydrogen (secondary N) is 1. The maximum absolute atomic E-state index is 3.56. The van der Waals surface area contributed by atoms with Crippen molar-refractivity contribution >= 4 is 31.9 Å². The quantitative estimate of drug-likeness (QED) is 0.864. The van der Waals surface area contributed by atoms with E-state index in [2.05, 4.69) is 67.3 Å². The molecule has 1 heterocycles. The fraction of sp³-hybridized carbons (Fsp3) is 0.571. The number of hydrogen-bond acceptors (Lipinski definition) is 2. The van der Waals surface area contributed by atoms with Crippen LogP contribution in [0.15, 0.2) is 27.1 Å². The first-order chi connectivity index (χ1) is 8.65. The lowest BCUT2D eigenvalue weighted by Crippen LogP contribution is -2.34. The molecule has 0 atom stereocenters. The van der Waals surface area contributed by atoms with Crippen LogP contribution in [0.5, 0.6) is 0 Å². The molecule has 0 radical (unpaired) electrons. The molecule has 0 amide bonds. The molecule has 0 aliphatic carbocycles. The van der Waals surface area contributed by atoms with Crippen LogP contribution >= 0.6 is 31.9 Å². The van der Waals surface area contributed by atoms with Crippen LogP contribution in [0.25, 0.3) is 0 Å². The van der Waals surface area contributed by atoms with Crippen LogP contribution in [-0.4, -0.2) is 31.6 Å². The molecule has 4 heteroatoms. The molecule has 1 aliphatic rings. The highest BCUT2D eigenvalue weighted by molar-refractivity contribution is 9.13. The SMILES string of the molecule is CN(Cc1ccc(Br)c(Br)c1)CC1CCNCC1. The van der Waals surface area contributed by atoms with E-state index in [1.165, 1.54) is 38.0 Å². The highest BCUT2D eigenvalue weighted by atomic mass is 79.9. The van der Waals surface area contributed by atoms with Gasteiger partial charge in [-0.1, -0.05) is 6.07 Å². The number of piperidine rings is 1. The molecule has 1 fully saturated rings. The predicted octanol–water partition coefficient (Wildman–Crippen LogP) is 3.64. The number of halogens is 2. The van der Waals surface area contributed by atoms with Gasteiger partial charge in [0.05, 0.1) is 0 Å². The van der Waals surface area contributed by atoms with E-state index in [0.717, 1.165) is 21.4 Å². The third-order valence-corrected chi connectivity index (χ3v) is 5.34. The summed E-state index contributed by atoms with van der Waals surface area (Å²) in [4.78, 5) is 2.44. The Morgan fingerprint density at radius 1 is 1.22 bits per heavy atom. The van der Waals surface area contributed by atoms with Crippen LogP contribution < -0.4 is 5.32 Å². The fourth-order valence-electron chi connectivity index (χ4n) is 2.52. The molecular formula is C14H20Br2N2. The lowest BCUT2D eigenvalue weighted by Gasteiger charge is -2.27. The molecule has 1 N–H and O–H groups in total. The number of rotatable bonds is 4. The average molecular weight is 376 g/mol. The third kappa shape index (κ3) is 4.34. The molecular weight excluding hydrogens is 356 g/mol. The van der Waals surface area contributed by atoms with Gasteiger partial charge in [-0.15, -0.1) is 0 Å². The summed E-state index contributed by atoms with van der Waals surface area (Å²) in [5.41, 5.74) is 1.36. The molecule has 0 saturated carbocycles. The van der Waals surface area contributed by atoms with Crippen molar-refractivity contribution in [3.63, 3.8) is 0 Å². The molecule has 100 valence electrons. The van der Waals surface area contributed by atoms with E-state index < -0.39 is 0 Å². The Labute approximate surface area is 126 Å². The highest BCUT2D eigenvalue weighted by Gasteiger charge is 2.15. The van der Waals surface area contributed by atoms with Crippen LogP contribution in [-0.2, 0) is 6.54 Å². The minimum atomic E-state index is 0.857. The molecule has 1 aliphatic heterocycles. The van der Waals surface area contributed by atoms with Crippen molar-refractivity contribution < 1.29 is 0 Å². The number of nitrogens with zero attached hydrogens (tertiary/aromatic N) is 1. The second-order valence-corrected chi connectivity index (χ2v) is 6.85. The van der Waals surface area contributed by atoms with E-state index in [9.17, 15) is 0 Å². The summed E-state index contributed by atoms with van der Waals surface area (Å²) in [5, 5.41) is 3.42. The summed E-state index contributed by atoms with van der Waals surface area (Å²) in [5.74, 6) is 0.857. The average Bonchev–Trinajstić information content (AvgIpc) is 2.35. The summed E-state index contributed by atoms with van der Waals surface area (Å²) in [6.45, 7) is 4.59. The molecule has 0 unspecified atom stereocenters. The summed E-state index contributed by atoms with van der Waals surface area (Å²) in [6, 6.07) is 6.49. The van der Waals surface area contributed by atoms with Crippen molar-refractivity contribution in [3.8, 4) is 0 Å². The van der Waals surface area contributed by atoms with Crippen LogP contribution in [0, 0.1) is 5.92 Å².